The number of rotatable bonds is 1. The Balaban J connectivity index is 2.17. The summed E-state index contributed by atoms with van der Waals surface area (Å²) in [6.45, 7) is 0. The summed E-state index contributed by atoms with van der Waals surface area (Å²) in [6, 6.07) is 7.55. The van der Waals surface area contributed by atoms with Crippen molar-refractivity contribution in [3.8, 4) is 6.07 Å². The number of halogens is 1. The fraction of sp³-hybridized carbons (Fsp3) is 0.0833. The predicted octanol–water partition coefficient (Wildman–Crippen LogP) is 1.23. The van der Waals surface area contributed by atoms with Crippen molar-refractivity contribution >= 4 is 11.8 Å². The van der Waals surface area contributed by atoms with Crippen LogP contribution in [0.5, 0.6) is 0 Å². The number of hydrogen-bond donors (Lipinski definition) is 2. The van der Waals surface area contributed by atoms with Crippen LogP contribution in [0.25, 0.3) is 5.82 Å². The van der Waals surface area contributed by atoms with Gasteiger partial charge >= 0.3 is 0 Å². The first-order valence-electron chi connectivity index (χ1n) is 5.53. The highest BCUT2D eigenvalue weighted by Gasteiger charge is 2.29. The van der Waals surface area contributed by atoms with Crippen LogP contribution in [0.3, 0.4) is 0 Å². The van der Waals surface area contributed by atoms with E-state index >= 15 is 0 Å². The van der Waals surface area contributed by atoms with Crippen molar-refractivity contribution in [2.75, 3.05) is 5.32 Å². The lowest BCUT2D eigenvalue weighted by atomic mass is 9.98. The van der Waals surface area contributed by atoms with Crippen molar-refractivity contribution in [1.82, 2.24) is 14.8 Å². The lowest BCUT2D eigenvalue weighted by molar-refractivity contribution is 0.602. The summed E-state index contributed by atoms with van der Waals surface area (Å²) in [6.07, 6.45) is 1.31. The minimum Gasteiger partial charge on any atom is -0.383 e. The Labute approximate surface area is 108 Å². The smallest absolute Gasteiger partial charge is 0.228 e. The van der Waals surface area contributed by atoms with E-state index in [0.717, 1.165) is 0 Å². The standard InChI is InChI=1S/C12H9FN6/c13-9-4-2-1-3-7(9)10-8(5-14)11(15)19-12(18-10)16-6-17-19/h1-4,6,10H,15H2,(H,16,17,18)/t10-/m0/s1. The van der Waals surface area contributed by atoms with E-state index in [4.69, 9.17) is 5.73 Å². The average molecular weight is 256 g/mol. The normalized spacial score (nSPS) is 17.6. The third-order valence-electron chi connectivity index (χ3n) is 2.95. The molecule has 0 radical (unpaired) electrons. The van der Waals surface area contributed by atoms with Gasteiger partial charge in [0.2, 0.25) is 5.95 Å². The molecule has 2 heterocycles. The van der Waals surface area contributed by atoms with Gasteiger partial charge in [0.1, 0.15) is 24.0 Å². The molecule has 1 aromatic carbocycles. The molecule has 0 saturated carbocycles. The van der Waals surface area contributed by atoms with E-state index < -0.39 is 11.9 Å². The van der Waals surface area contributed by atoms with Crippen LogP contribution in [0.2, 0.25) is 0 Å². The second-order valence-electron chi connectivity index (χ2n) is 4.01. The van der Waals surface area contributed by atoms with Gasteiger partial charge in [0, 0.05) is 5.56 Å². The van der Waals surface area contributed by atoms with Crippen LogP contribution in [0.4, 0.5) is 10.3 Å². The zero-order valence-corrected chi connectivity index (χ0v) is 9.71. The number of nitrogens with two attached hydrogens (primary N) is 1. The van der Waals surface area contributed by atoms with Crippen LogP contribution in [0.1, 0.15) is 11.6 Å². The number of benzene rings is 1. The Bertz CT molecular complexity index is 711. The number of aromatic nitrogens is 3. The summed E-state index contributed by atoms with van der Waals surface area (Å²) >= 11 is 0. The van der Waals surface area contributed by atoms with Gasteiger partial charge < -0.3 is 11.1 Å². The van der Waals surface area contributed by atoms with Gasteiger partial charge in [-0.3, -0.25) is 0 Å². The summed E-state index contributed by atoms with van der Waals surface area (Å²) in [5.74, 6) is 0.125. The molecule has 1 aliphatic heterocycles. The summed E-state index contributed by atoms with van der Waals surface area (Å²) in [5, 5.41) is 16.1. The van der Waals surface area contributed by atoms with E-state index in [9.17, 15) is 9.65 Å². The molecule has 0 amide bonds. The van der Waals surface area contributed by atoms with Gasteiger partial charge in [0.15, 0.2) is 0 Å². The minimum absolute atomic E-state index is 0.155. The van der Waals surface area contributed by atoms with Crippen LogP contribution < -0.4 is 11.1 Å². The zero-order chi connectivity index (χ0) is 13.4. The summed E-state index contributed by atoms with van der Waals surface area (Å²) in [4.78, 5) is 3.98. The summed E-state index contributed by atoms with van der Waals surface area (Å²) < 4.78 is 15.2. The van der Waals surface area contributed by atoms with E-state index in [1.807, 2.05) is 6.07 Å². The molecule has 1 aliphatic rings. The summed E-state index contributed by atoms with van der Waals surface area (Å²) in [5.41, 5.74) is 6.43. The van der Waals surface area contributed by atoms with Crippen LogP contribution in [0, 0.1) is 17.1 Å². The van der Waals surface area contributed by atoms with Gasteiger partial charge in [-0.1, -0.05) is 18.2 Å². The van der Waals surface area contributed by atoms with Gasteiger partial charge in [-0.2, -0.15) is 20.0 Å². The van der Waals surface area contributed by atoms with Gasteiger partial charge in [0.25, 0.3) is 0 Å². The molecule has 3 N–H and O–H groups in total. The molecule has 1 aromatic heterocycles. The minimum atomic E-state index is -0.664. The maximum absolute atomic E-state index is 13.9. The number of fused-ring (bicyclic) bond motifs is 1. The molecule has 0 aliphatic carbocycles. The molecule has 2 aromatic rings. The number of nitrogens with one attached hydrogen (secondary N) is 1. The fourth-order valence-electron chi connectivity index (χ4n) is 2.04. The molecule has 0 bridgehead atoms. The topological polar surface area (TPSA) is 92.5 Å². The molecule has 1 atom stereocenters. The van der Waals surface area contributed by atoms with Crippen LogP contribution in [-0.2, 0) is 0 Å². The Morgan fingerprint density at radius 1 is 1.42 bits per heavy atom. The lowest BCUT2D eigenvalue weighted by Crippen LogP contribution is -2.27. The number of hydrogen-bond acceptors (Lipinski definition) is 5. The third kappa shape index (κ3) is 1.62. The van der Waals surface area contributed by atoms with E-state index in [1.165, 1.54) is 17.1 Å². The van der Waals surface area contributed by atoms with Crippen molar-refractivity contribution in [1.29, 1.82) is 5.26 Å². The SMILES string of the molecule is N#CC1=C(N)n2ncnc2N[C@H]1c1ccccc1F. The number of anilines is 1. The molecular weight excluding hydrogens is 247 g/mol. The van der Waals surface area contributed by atoms with Gasteiger partial charge in [0.05, 0.1) is 11.6 Å². The zero-order valence-electron chi connectivity index (χ0n) is 9.71. The van der Waals surface area contributed by atoms with Crippen LogP contribution >= 0.6 is 0 Å². The Morgan fingerprint density at radius 3 is 2.95 bits per heavy atom. The Morgan fingerprint density at radius 2 is 2.21 bits per heavy atom. The maximum Gasteiger partial charge on any atom is 0.228 e. The molecule has 6 nitrogen and oxygen atoms in total. The second kappa shape index (κ2) is 4.10. The van der Waals surface area contributed by atoms with Crippen LogP contribution in [-0.4, -0.2) is 14.8 Å². The van der Waals surface area contributed by atoms with Crippen molar-refractivity contribution in [3.63, 3.8) is 0 Å². The monoisotopic (exact) mass is 256 g/mol. The molecule has 0 unspecified atom stereocenters. The molecular formula is C12H9FN6. The van der Waals surface area contributed by atoms with Crippen molar-refractivity contribution in [3.05, 3.63) is 47.5 Å². The fourth-order valence-corrected chi connectivity index (χ4v) is 2.04. The highest BCUT2D eigenvalue weighted by molar-refractivity contribution is 5.65. The van der Waals surface area contributed by atoms with E-state index in [-0.39, 0.29) is 11.4 Å². The lowest BCUT2D eigenvalue weighted by Gasteiger charge is -2.25. The van der Waals surface area contributed by atoms with Gasteiger partial charge in [-0.05, 0) is 6.07 Å². The molecule has 94 valence electrons. The third-order valence-corrected chi connectivity index (χ3v) is 2.95. The second-order valence-corrected chi connectivity index (χ2v) is 4.01. The first kappa shape index (κ1) is 11.2. The van der Waals surface area contributed by atoms with E-state index in [2.05, 4.69) is 15.4 Å². The Kier molecular flexibility index (Phi) is 2.42. The number of nitrogens with zero attached hydrogens (tertiary/aromatic N) is 4. The molecule has 0 spiro atoms. The first-order valence-corrected chi connectivity index (χ1v) is 5.53. The average Bonchev–Trinajstić information content (AvgIpc) is 2.88. The van der Waals surface area contributed by atoms with Crippen molar-refractivity contribution in [2.24, 2.45) is 5.73 Å². The van der Waals surface area contributed by atoms with E-state index in [0.29, 0.717) is 11.5 Å². The number of nitriles is 1. The molecule has 7 heteroatoms. The Hall–Kier alpha value is -2.88. The molecule has 0 fully saturated rings. The molecule has 0 saturated heterocycles. The summed E-state index contributed by atoms with van der Waals surface area (Å²) in [7, 11) is 0. The van der Waals surface area contributed by atoms with Gasteiger partial charge in [-0.25, -0.2) is 4.39 Å². The largest absolute Gasteiger partial charge is 0.383 e. The molecule has 19 heavy (non-hydrogen) atoms. The first-order chi connectivity index (χ1) is 9.22. The quantitative estimate of drug-likeness (QED) is 0.800. The highest BCUT2D eigenvalue weighted by Crippen LogP contribution is 2.33. The van der Waals surface area contributed by atoms with Gasteiger partial charge in [-0.15, -0.1) is 0 Å². The highest BCUT2D eigenvalue weighted by atomic mass is 19.1. The van der Waals surface area contributed by atoms with Crippen molar-refractivity contribution in [2.45, 2.75) is 6.04 Å². The maximum atomic E-state index is 13.9. The van der Waals surface area contributed by atoms with Crippen LogP contribution in [0.15, 0.2) is 36.2 Å². The van der Waals surface area contributed by atoms with Crippen molar-refractivity contribution < 1.29 is 4.39 Å². The predicted molar refractivity (Wildman–Crippen MR) is 65.8 cm³/mol. The molecule has 3 rings (SSSR count). The van der Waals surface area contributed by atoms with E-state index in [1.54, 1.807) is 18.2 Å².